The van der Waals surface area contributed by atoms with Gasteiger partial charge in [-0.25, -0.2) is 19.2 Å². The molecule has 0 radical (unpaired) electrons. The summed E-state index contributed by atoms with van der Waals surface area (Å²) in [6, 6.07) is 18.0. The zero-order chi connectivity index (χ0) is 27.3. The fourth-order valence-electron chi connectivity index (χ4n) is 2.71. The molecule has 0 fully saturated rings. The van der Waals surface area contributed by atoms with E-state index in [2.05, 4.69) is 13.2 Å². The van der Waals surface area contributed by atoms with Crippen molar-refractivity contribution in [2.75, 3.05) is 13.6 Å². The highest BCUT2D eigenvalue weighted by molar-refractivity contribution is 5.92. The van der Waals surface area contributed by atoms with Crippen molar-refractivity contribution in [2.24, 2.45) is 0 Å². The van der Waals surface area contributed by atoms with Crippen molar-refractivity contribution in [3.05, 3.63) is 109 Å². The maximum Gasteiger partial charge on any atom is 0.343 e. The molecule has 3 aromatic carbocycles. The van der Waals surface area contributed by atoms with E-state index in [1.54, 1.807) is 0 Å². The minimum Gasteiger partial charge on any atom is -0.457 e. The summed E-state index contributed by atoms with van der Waals surface area (Å²) >= 11 is 0. The Morgan fingerprint density at radius 1 is 0.526 bits per heavy atom. The van der Waals surface area contributed by atoms with Gasteiger partial charge in [0.2, 0.25) is 13.6 Å². The molecule has 0 bridgehead atoms. The highest BCUT2D eigenvalue weighted by atomic mass is 16.7. The van der Waals surface area contributed by atoms with Crippen molar-refractivity contribution in [3.8, 4) is 23.0 Å². The number of esters is 4. The van der Waals surface area contributed by atoms with Gasteiger partial charge in [0.15, 0.2) is 0 Å². The first-order chi connectivity index (χ1) is 18.4. The number of hydrogen-bond donors (Lipinski definition) is 0. The molecule has 3 aromatic rings. The molecule has 0 saturated heterocycles. The van der Waals surface area contributed by atoms with Crippen LogP contribution in [-0.4, -0.2) is 37.5 Å². The van der Waals surface area contributed by atoms with Crippen molar-refractivity contribution in [2.45, 2.75) is 0 Å². The van der Waals surface area contributed by atoms with Crippen LogP contribution in [0.1, 0.15) is 20.7 Å². The SMILES string of the molecule is C=CC(=O)OCOc1ccc(C(=O)Oc2ccc(OC(=O)c3ccc(OCOC(=O)C=C)cc3)cc2)cc1. The average molecular weight is 518 g/mol. The first-order valence-electron chi connectivity index (χ1n) is 11.0. The smallest absolute Gasteiger partial charge is 0.343 e. The number of carbonyl (C=O) groups is 4. The van der Waals surface area contributed by atoms with Crippen molar-refractivity contribution in [1.29, 1.82) is 0 Å². The van der Waals surface area contributed by atoms with Gasteiger partial charge in [0.05, 0.1) is 11.1 Å². The van der Waals surface area contributed by atoms with Crippen LogP contribution in [0.3, 0.4) is 0 Å². The van der Waals surface area contributed by atoms with Crippen LogP contribution >= 0.6 is 0 Å². The molecule has 0 aliphatic carbocycles. The lowest BCUT2D eigenvalue weighted by Crippen LogP contribution is -2.10. The number of rotatable bonds is 12. The first kappa shape index (κ1) is 27.2. The maximum absolute atomic E-state index is 12.4. The normalized spacial score (nSPS) is 9.89. The van der Waals surface area contributed by atoms with E-state index < -0.39 is 23.9 Å². The molecule has 0 aliphatic rings. The Kier molecular flexibility index (Phi) is 9.77. The number of ether oxygens (including phenoxy) is 6. The molecule has 0 amide bonds. The Labute approximate surface area is 217 Å². The largest absolute Gasteiger partial charge is 0.457 e. The molecule has 3 rings (SSSR count). The molecule has 0 atom stereocenters. The van der Waals surface area contributed by atoms with E-state index in [4.69, 9.17) is 28.4 Å². The maximum atomic E-state index is 12.4. The quantitative estimate of drug-likeness (QED) is 0.149. The Hall–Kier alpha value is -5.38. The first-order valence-corrected chi connectivity index (χ1v) is 11.0. The lowest BCUT2D eigenvalue weighted by atomic mass is 10.2. The van der Waals surface area contributed by atoms with Crippen LogP contribution in [0, 0.1) is 0 Å². The molecule has 0 aliphatic heterocycles. The van der Waals surface area contributed by atoms with Crippen LogP contribution in [-0.2, 0) is 19.1 Å². The lowest BCUT2D eigenvalue weighted by Gasteiger charge is -2.09. The van der Waals surface area contributed by atoms with Gasteiger partial charge in [0.1, 0.15) is 23.0 Å². The van der Waals surface area contributed by atoms with E-state index in [0.29, 0.717) is 11.5 Å². The monoisotopic (exact) mass is 518 g/mol. The minimum atomic E-state index is -0.614. The van der Waals surface area contributed by atoms with Crippen LogP contribution in [0.15, 0.2) is 98.1 Å². The van der Waals surface area contributed by atoms with E-state index in [1.807, 2.05) is 0 Å². The van der Waals surface area contributed by atoms with Crippen LogP contribution in [0.2, 0.25) is 0 Å². The zero-order valence-electron chi connectivity index (χ0n) is 20.0. The summed E-state index contributed by atoms with van der Waals surface area (Å²) in [6.45, 7) is 5.97. The Morgan fingerprint density at radius 3 is 1.16 bits per heavy atom. The van der Waals surface area contributed by atoms with Crippen molar-refractivity contribution >= 4 is 23.9 Å². The predicted molar refractivity (Wildman–Crippen MR) is 133 cm³/mol. The van der Waals surface area contributed by atoms with Crippen molar-refractivity contribution in [3.63, 3.8) is 0 Å². The van der Waals surface area contributed by atoms with Gasteiger partial charge in [-0.2, -0.15) is 0 Å². The molecule has 10 nitrogen and oxygen atoms in total. The zero-order valence-corrected chi connectivity index (χ0v) is 20.0. The molecule has 0 spiro atoms. The number of hydrogen-bond acceptors (Lipinski definition) is 10. The molecule has 0 saturated carbocycles. The molecule has 0 N–H and O–H groups in total. The minimum absolute atomic E-state index is 0.241. The van der Waals surface area contributed by atoms with E-state index >= 15 is 0 Å². The molecule has 38 heavy (non-hydrogen) atoms. The van der Waals surface area contributed by atoms with Crippen LogP contribution in [0.5, 0.6) is 23.0 Å². The average Bonchev–Trinajstić information content (AvgIpc) is 2.94. The van der Waals surface area contributed by atoms with Gasteiger partial charge in [-0.15, -0.1) is 0 Å². The van der Waals surface area contributed by atoms with Crippen molar-refractivity contribution in [1.82, 2.24) is 0 Å². The van der Waals surface area contributed by atoms with E-state index in [0.717, 1.165) is 12.2 Å². The van der Waals surface area contributed by atoms with Gasteiger partial charge < -0.3 is 28.4 Å². The van der Waals surface area contributed by atoms with E-state index in [1.165, 1.54) is 72.8 Å². The topological polar surface area (TPSA) is 124 Å². The Balaban J connectivity index is 1.47. The van der Waals surface area contributed by atoms with Crippen LogP contribution in [0.4, 0.5) is 0 Å². The predicted octanol–water partition coefficient (Wildman–Crippen LogP) is 4.26. The van der Waals surface area contributed by atoms with Gasteiger partial charge in [-0.1, -0.05) is 13.2 Å². The standard InChI is InChI=1S/C28H22O10/c1-3-25(29)35-17-33-21-9-5-19(6-10-21)27(31)37-23-13-15-24(16-14-23)38-28(32)20-7-11-22(12-8-20)34-18-36-26(30)4-2/h3-16H,1-2,17-18H2. The highest BCUT2D eigenvalue weighted by Crippen LogP contribution is 2.21. The third kappa shape index (κ3) is 8.38. The molecule has 10 heteroatoms. The van der Waals surface area contributed by atoms with E-state index in [-0.39, 0.29) is 36.2 Å². The Morgan fingerprint density at radius 2 is 0.842 bits per heavy atom. The third-order valence-electron chi connectivity index (χ3n) is 4.61. The summed E-state index contributed by atoms with van der Waals surface area (Å²) in [6.07, 6.45) is 2.04. The van der Waals surface area contributed by atoms with Crippen LogP contribution in [0.25, 0.3) is 0 Å². The summed E-state index contributed by atoms with van der Waals surface area (Å²) in [5.74, 6) is -1.19. The Bertz CT molecular complexity index is 1190. The summed E-state index contributed by atoms with van der Waals surface area (Å²) < 4.78 is 30.5. The van der Waals surface area contributed by atoms with Crippen molar-refractivity contribution < 1.29 is 47.6 Å². The molecular weight excluding hydrogens is 496 g/mol. The number of carbonyl (C=O) groups excluding carboxylic acids is 4. The van der Waals surface area contributed by atoms with Gasteiger partial charge >= 0.3 is 23.9 Å². The fourth-order valence-corrected chi connectivity index (χ4v) is 2.71. The summed E-state index contributed by atoms with van der Waals surface area (Å²) in [5, 5.41) is 0. The third-order valence-corrected chi connectivity index (χ3v) is 4.61. The second-order valence-corrected chi connectivity index (χ2v) is 7.16. The second kappa shape index (κ2) is 13.6. The van der Waals surface area contributed by atoms with Crippen LogP contribution < -0.4 is 18.9 Å². The summed E-state index contributed by atoms with van der Waals surface area (Å²) in [5.41, 5.74) is 0.532. The fraction of sp³-hybridized carbons (Fsp3) is 0.0714. The van der Waals surface area contributed by atoms with Gasteiger partial charge in [0.25, 0.3) is 0 Å². The van der Waals surface area contributed by atoms with Gasteiger partial charge in [-0.05, 0) is 72.8 Å². The molecule has 0 heterocycles. The highest BCUT2D eigenvalue weighted by Gasteiger charge is 2.12. The molecular formula is C28H22O10. The van der Waals surface area contributed by atoms with E-state index in [9.17, 15) is 19.2 Å². The number of benzene rings is 3. The summed E-state index contributed by atoms with van der Waals surface area (Å²) in [4.78, 5) is 46.8. The molecule has 194 valence electrons. The van der Waals surface area contributed by atoms with Gasteiger partial charge in [-0.3, -0.25) is 0 Å². The van der Waals surface area contributed by atoms with Gasteiger partial charge in [0, 0.05) is 12.2 Å². The molecule has 0 aromatic heterocycles. The summed E-state index contributed by atoms with van der Waals surface area (Å²) in [7, 11) is 0. The lowest BCUT2D eigenvalue weighted by molar-refractivity contribution is -0.145. The second-order valence-electron chi connectivity index (χ2n) is 7.16. The molecule has 0 unspecified atom stereocenters.